The molecular weight excluding hydrogens is 379 g/mol. The maximum Gasteiger partial charge on any atom is 0.414 e. The average Bonchev–Trinajstić information content (AvgIpc) is 2.83. The van der Waals surface area contributed by atoms with E-state index in [1.165, 1.54) is 11.0 Å². The maximum atomic E-state index is 14.7. The van der Waals surface area contributed by atoms with Gasteiger partial charge >= 0.3 is 6.09 Å². The molecule has 2 heterocycles. The molecule has 2 atom stereocenters. The molecule has 0 radical (unpaired) electrons. The first-order valence-electron chi connectivity index (χ1n) is 8.35. The van der Waals surface area contributed by atoms with Gasteiger partial charge in [-0.3, -0.25) is 9.11 Å². The number of thiocarbonyl (C=S) groups is 1. The lowest BCUT2D eigenvalue weighted by Crippen LogP contribution is -2.37. The number of halogens is 1. The minimum absolute atomic E-state index is 0.133. The molecule has 1 aromatic carbocycles. The number of carbonyl (C=O) groups is 1. The van der Waals surface area contributed by atoms with Crippen molar-refractivity contribution in [2.75, 3.05) is 47.5 Å². The van der Waals surface area contributed by atoms with Gasteiger partial charge in [-0.2, -0.15) is 0 Å². The predicted molar refractivity (Wildman–Crippen MR) is 104 cm³/mol. The third kappa shape index (κ3) is 4.42. The summed E-state index contributed by atoms with van der Waals surface area (Å²) in [4.78, 5) is 15.3. The van der Waals surface area contributed by atoms with E-state index >= 15 is 0 Å². The number of ether oxygens (including phenoxy) is 1. The number of carbonyl (C=O) groups excluding carboxylic acids is 1. The Hall–Kier alpha value is -1.94. The molecule has 1 aromatic rings. The summed E-state index contributed by atoms with van der Waals surface area (Å²) in [5.41, 5.74) is 6.27. The highest BCUT2D eigenvalue weighted by molar-refractivity contribution is 7.85. The van der Waals surface area contributed by atoms with Crippen molar-refractivity contribution in [1.29, 1.82) is 0 Å². The van der Waals surface area contributed by atoms with Crippen LogP contribution in [0.5, 0.6) is 0 Å². The van der Waals surface area contributed by atoms with Gasteiger partial charge in [-0.1, -0.05) is 0 Å². The molecule has 0 aromatic heterocycles. The van der Waals surface area contributed by atoms with Crippen LogP contribution >= 0.6 is 12.2 Å². The molecule has 0 bridgehead atoms. The molecule has 2 fully saturated rings. The van der Waals surface area contributed by atoms with Gasteiger partial charge in [-0.05, 0) is 36.8 Å². The highest BCUT2D eigenvalue weighted by atomic mass is 32.2. The number of amides is 1. The van der Waals surface area contributed by atoms with Crippen LogP contribution in [-0.4, -0.2) is 59.2 Å². The second-order valence-corrected chi connectivity index (χ2v) is 8.32. The highest BCUT2D eigenvalue weighted by Gasteiger charge is 2.32. The summed E-state index contributed by atoms with van der Waals surface area (Å²) >= 11 is 4.73. The van der Waals surface area contributed by atoms with E-state index in [4.69, 9.17) is 22.7 Å². The Labute approximate surface area is 159 Å². The van der Waals surface area contributed by atoms with Gasteiger partial charge in [-0.15, -0.1) is 0 Å². The van der Waals surface area contributed by atoms with Crippen molar-refractivity contribution in [3.8, 4) is 0 Å². The van der Waals surface area contributed by atoms with E-state index in [0.29, 0.717) is 42.5 Å². The van der Waals surface area contributed by atoms with Gasteiger partial charge in [0.05, 0.1) is 24.5 Å². The summed E-state index contributed by atoms with van der Waals surface area (Å²) in [6.45, 7) is 1.82. The number of cyclic esters (lactones) is 1. The first-order valence-corrected chi connectivity index (χ1v) is 10.2. The largest absolute Gasteiger partial charge is 0.442 e. The number of nitrogens with two attached hydrogens (primary N) is 1. The Balaban J connectivity index is 1.70. The van der Waals surface area contributed by atoms with Crippen LogP contribution in [0.25, 0.3) is 0 Å². The summed E-state index contributed by atoms with van der Waals surface area (Å²) in [5, 5.41) is 2.89. The molecule has 3 rings (SSSR count). The molecule has 2 aliphatic rings. The van der Waals surface area contributed by atoms with Gasteiger partial charge < -0.3 is 20.7 Å². The SMILES string of the molecule is NC(=S)NC[C@H]1CN(c2ccc(N3CCCS(=O)CC3)c(F)c2)C(=O)O1. The van der Waals surface area contributed by atoms with Gasteiger partial charge in [0.15, 0.2) is 5.11 Å². The fourth-order valence-electron chi connectivity index (χ4n) is 3.06. The Morgan fingerprint density at radius 2 is 2.23 bits per heavy atom. The van der Waals surface area contributed by atoms with E-state index < -0.39 is 28.8 Å². The number of hydrogen-bond acceptors (Lipinski definition) is 5. The van der Waals surface area contributed by atoms with Gasteiger partial charge in [-0.25, -0.2) is 9.18 Å². The van der Waals surface area contributed by atoms with Crippen LogP contribution < -0.4 is 20.9 Å². The number of rotatable bonds is 4. The summed E-state index contributed by atoms with van der Waals surface area (Å²) in [6.07, 6.45) is -0.173. The van der Waals surface area contributed by atoms with Gasteiger partial charge in [0.1, 0.15) is 11.9 Å². The average molecular weight is 401 g/mol. The lowest BCUT2D eigenvalue weighted by molar-refractivity contribution is 0.143. The standard InChI is InChI=1S/C16H21FN4O3S2/c17-13-8-11(21-10-12(24-16(21)22)9-19-15(18)25)2-3-14(13)20-4-1-6-26(23)7-5-20/h2-3,8,12H,1,4-7,9-10H2,(H3,18,19,25)/t12-,26?/m0/s1. The second-order valence-electron chi connectivity index (χ2n) is 6.19. The van der Waals surface area contributed by atoms with Crippen LogP contribution in [0.4, 0.5) is 20.6 Å². The molecule has 0 aliphatic carbocycles. The topological polar surface area (TPSA) is 87.9 Å². The predicted octanol–water partition coefficient (Wildman–Crippen LogP) is 0.943. The highest BCUT2D eigenvalue weighted by Crippen LogP contribution is 2.28. The zero-order chi connectivity index (χ0) is 18.7. The van der Waals surface area contributed by atoms with Crippen molar-refractivity contribution in [3.05, 3.63) is 24.0 Å². The Kier molecular flexibility index (Phi) is 5.92. The molecule has 2 saturated heterocycles. The van der Waals surface area contributed by atoms with E-state index in [0.717, 1.165) is 6.42 Å². The molecule has 2 aliphatic heterocycles. The van der Waals surface area contributed by atoms with Crippen LogP contribution in [0.1, 0.15) is 6.42 Å². The molecule has 142 valence electrons. The minimum Gasteiger partial charge on any atom is -0.442 e. The van der Waals surface area contributed by atoms with Crippen LogP contribution in [0, 0.1) is 5.82 Å². The quantitative estimate of drug-likeness (QED) is 0.728. The summed E-state index contributed by atoms with van der Waals surface area (Å²) in [6, 6.07) is 4.69. The maximum absolute atomic E-state index is 14.7. The van der Waals surface area contributed by atoms with Gasteiger partial charge in [0.25, 0.3) is 0 Å². The van der Waals surface area contributed by atoms with Crippen molar-refractivity contribution in [2.24, 2.45) is 5.73 Å². The second kappa shape index (κ2) is 8.17. The third-order valence-electron chi connectivity index (χ3n) is 4.35. The number of nitrogens with zero attached hydrogens (tertiary/aromatic N) is 2. The van der Waals surface area contributed by atoms with Crippen molar-refractivity contribution >= 4 is 45.6 Å². The van der Waals surface area contributed by atoms with E-state index in [-0.39, 0.29) is 11.7 Å². The first-order chi connectivity index (χ1) is 12.4. The zero-order valence-electron chi connectivity index (χ0n) is 14.2. The fourth-order valence-corrected chi connectivity index (χ4v) is 4.22. The Bertz CT molecular complexity index is 733. The molecular formula is C16H21FN4O3S2. The number of benzene rings is 1. The number of anilines is 2. The van der Waals surface area contributed by atoms with Crippen molar-refractivity contribution in [1.82, 2.24) is 5.32 Å². The summed E-state index contributed by atoms with van der Waals surface area (Å²) in [7, 11) is -0.837. The lowest BCUT2D eigenvalue weighted by atomic mass is 10.2. The molecule has 1 unspecified atom stereocenters. The molecule has 26 heavy (non-hydrogen) atoms. The Morgan fingerprint density at radius 3 is 2.96 bits per heavy atom. The number of hydrogen-bond donors (Lipinski definition) is 2. The van der Waals surface area contributed by atoms with Crippen molar-refractivity contribution in [3.63, 3.8) is 0 Å². The van der Waals surface area contributed by atoms with Crippen LogP contribution in [0.2, 0.25) is 0 Å². The molecule has 3 N–H and O–H groups in total. The van der Waals surface area contributed by atoms with Crippen LogP contribution in [-0.2, 0) is 15.5 Å². The van der Waals surface area contributed by atoms with Gasteiger partial charge in [0, 0.05) is 35.4 Å². The van der Waals surface area contributed by atoms with E-state index in [9.17, 15) is 13.4 Å². The molecule has 10 heteroatoms. The minimum atomic E-state index is -0.837. The van der Waals surface area contributed by atoms with E-state index in [1.54, 1.807) is 12.1 Å². The monoisotopic (exact) mass is 400 g/mol. The van der Waals surface area contributed by atoms with Gasteiger partial charge in [0.2, 0.25) is 0 Å². The van der Waals surface area contributed by atoms with E-state index in [1.807, 2.05) is 4.90 Å². The van der Waals surface area contributed by atoms with Crippen LogP contribution in [0.15, 0.2) is 18.2 Å². The summed E-state index contributed by atoms with van der Waals surface area (Å²) in [5.74, 6) is 0.780. The first kappa shape index (κ1) is 18.8. The van der Waals surface area contributed by atoms with E-state index in [2.05, 4.69) is 5.32 Å². The summed E-state index contributed by atoms with van der Waals surface area (Å²) < 4.78 is 31.5. The Morgan fingerprint density at radius 1 is 1.42 bits per heavy atom. The zero-order valence-corrected chi connectivity index (χ0v) is 15.8. The van der Waals surface area contributed by atoms with Crippen molar-refractivity contribution < 1.29 is 18.1 Å². The normalized spacial score (nSPS) is 23.5. The number of nitrogens with one attached hydrogen (secondary N) is 1. The molecule has 0 saturated carbocycles. The molecule has 0 spiro atoms. The fraction of sp³-hybridized carbons (Fsp3) is 0.500. The van der Waals surface area contributed by atoms with Crippen LogP contribution in [0.3, 0.4) is 0 Å². The molecule has 1 amide bonds. The van der Waals surface area contributed by atoms with Crippen molar-refractivity contribution in [2.45, 2.75) is 12.5 Å². The lowest BCUT2D eigenvalue weighted by Gasteiger charge is -2.24. The molecule has 7 nitrogen and oxygen atoms in total. The third-order valence-corrected chi connectivity index (χ3v) is 5.88. The smallest absolute Gasteiger partial charge is 0.414 e.